The van der Waals surface area contributed by atoms with Gasteiger partial charge < -0.3 is 9.64 Å². The molecule has 1 amide bonds. The highest BCUT2D eigenvalue weighted by molar-refractivity contribution is 5.94. The summed E-state index contributed by atoms with van der Waals surface area (Å²) in [6.07, 6.45) is 2.77. The Morgan fingerprint density at radius 1 is 1.04 bits per heavy atom. The van der Waals surface area contributed by atoms with Crippen molar-refractivity contribution in [3.8, 4) is 5.75 Å². The van der Waals surface area contributed by atoms with Gasteiger partial charge in [-0.15, -0.1) is 0 Å². The van der Waals surface area contributed by atoms with Gasteiger partial charge in [-0.25, -0.2) is 0 Å². The van der Waals surface area contributed by atoms with Crippen LogP contribution in [0.4, 0.5) is 0 Å². The minimum Gasteiger partial charge on any atom is -0.489 e. The summed E-state index contributed by atoms with van der Waals surface area (Å²) in [7, 11) is 0. The monoisotopic (exact) mass is 364 g/mol. The molecule has 0 unspecified atom stereocenters. The van der Waals surface area contributed by atoms with Crippen LogP contribution in [-0.4, -0.2) is 48.4 Å². The Balaban J connectivity index is 1.33. The van der Waals surface area contributed by atoms with Crippen molar-refractivity contribution in [3.05, 3.63) is 65.2 Å². The second kappa shape index (κ2) is 8.13. The highest BCUT2D eigenvalue weighted by atomic mass is 16.5. The van der Waals surface area contributed by atoms with Gasteiger partial charge >= 0.3 is 0 Å². The Hall–Kier alpha value is -2.33. The average molecular weight is 364 g/mol. The van der Waals surface area contributed by atoms with Crippen LogP contribution in [-0.2, 0) is 6.61 Å². The lowest BCUT2D eigenvalue weighted by atomic mass is 10.1. The van der Waals surface area contributed by atoms with Crippen molar-refractivity contribution < 1.29 is 9.53 Å². The number of piperazine rings is 1. The maximum Gasteiger partial charge on any atom is 0.254 e. The van der Waals surface area contributed by atoms with Crippen LogP contribution < -0.4 is 4.74 Å². The van der Waals surface area contributed by atoms with E-state index < -0.39 is 0 Å². The van der Waals surface area contributed by atoms with Crippen LogP contribution >= 0.6 is 0 Å². The molecule has 1 heterocycles. The van der Waals surface area contributed by atoms with E-state index in [1.807, 2.05) is 35.2 Å². The van der Waals surface area contributed by atoms with Crippen molar-refractivity contribution in [2.75, 3.05) is 32.7 Å². The zero-order valence-electron chi connectivity index (χ0n) is 16.1. The highest BCUT2D eigenvalue weighted by Gasteiger charge is 2.28. The zero-order valence-corrected chi connectivity index (χ0v) is 16.1. The largest absolute Gasteiger partial charge is 0.489 e. The predicted molar refractivity (Wildman–Crippen MR) is 107 cm³/mol. The first-order valence-electron chi connectivity index (χ1n) is 9.97. The third kappa shape index (κ3) is 4.89. The molecule has 2 aromatic carbocycles. The first kappa shape index (κ1) is 18.1. The van der Waals surface area contributed by atoms with Crippen molar-refractivity contribution in [2.24, 2.45) is 5.92 Å². The van der Waals surface area contributed by atoms with Crippen molar-refractivity contribution in [1.82, 2.24) is 9.80 Å². The molecule has 2 aliphatic rings. The Kier molecular flexibility index (Phi) is 5.44. The van der Waals surface area contributed by atoms with Crippen LogP contribution in [0.25, 0.3) is 0 Å². The third-order valence-corrected chi connectivity index (χ3v) is 5.44. The summed E-state index contributed by atoms with van der Waals surface area (Å²) in [4.78, 5) is 17.3. The molecule has 1 aliphatic carbocycles. The van der Waals surface area contributed by atoms with Gasteiger partial charge in [-0.05, 0) is 49.4 Å². The van der Waals surface area contributed by atoms with Crippen molar-refractivity contribution in [1.29, 1.82) is 0 Å². The van der Waals surface area contributed by atoms with Crippen LogP contribution in [0.1, 0.15) is 34.3 Å². The van der Waals surface area contributed by atoms with Crippen molar-refractivity contribution in [2.45, 2.75) is 26.4 Å². The van der Waals surface area contributed by atoms with Crippen molar-refractivity contribution in [3.63, 3.8) is 0 Å². The van der Waals surface area contributed by atoms with Gasteiger partial charge in [0.2, 0.25) is 0 Å². The molecule has 0 radical (unpaired) electrons. The second-order valence-corrected chi connectivity index (χ2v) is 7.84. The van der Waals surface area contributed by atoms with Crippen LogP contribution in [0.15, 0.2) is 48.5 Å². The first-order chi connectivity index (χ1) is 13.2. The number of aryl methyl sites for hydroxylation is 1. The van der Waals surface area contributed by atoms with E-state index in [4.69, 9.17) is 4.74 Å². The number of nitrogens with zero attached hydrogens (tertiary/aromatic N) is 2. The van der Waals surface area contributed by atoms with E-state index in [9.17, 15) is 4.79 Å². The second-order valence-electron chi connectivity index (χ2n) is 7.84. The topological polar surface area (TPSA) is 32.8 Å². The molecular formula is C23H28N2O2. The number of carbonyl (C=O) groups is 1. The fraction of sp³-hybridized carbons (Fsp3) is 0.435. The summed E-state index contributed by atoms with van der Waals surface area (Å²) in [6, 6.07) is 15.9. The number of ether oxygens (including phenoxy) is 1. The summed E-state index contributed by atoms with van der Waals surface area (Å²) in [5.41, 5.74) is 3.08. The van der Waals surface area contributed by atoms with E-state index in [0.717, 1.165) is 43.4 Å². The SMILES string of the molecule is Cc1cccc(COc2cccc(C(=O)N3CCN(CC4CC4)CC3)c2)c1. The molecule has 1 saturated carbocycles. The van der Waals surface area contributed by atoms with Gasteiger partial charge in [0.05, 0.1) is 0 Å². The van der Waals surface area contributed by atoms with Gasteiger partial charge in [0, 0.05) is 38.3 Å². The normalized spacial score (nSPS) is 17.7. The lowest BCUT2D eigenvalue weighted by Crippen LogP contribution is -2.49. The van der Waals surface area contributed by atoms with E-state index in [1.165, 1.54) is 24.9 Å². The summed E-state index contributed by atoms with van der Waals surface area (Å²) < 4.78 is 5.91. The average Bonchev–Trinajstić information content (AvgIpc) is 3.51. The molecule has 2 aromatic rings. The molecule has 0 atom stereocenters. The van der Waals surface area contributed by atoms with E-state index in [0.29, 0.717) is 12.2 Å². The van der Waals surface area contributed by atoms with Gasteiger partial charge in [-0.1, -0.05) is 35.9 Å². The fourth-order valence-corrected chi connectivity index (χ4v) is 3.67. The van der Waals surface area contributed by atoms with Crippen LogP contribution in [0.2, 0.25) is 0 Å². The van der Waals surface area contributed by atoms with Crippen molar-refractivity contribution >= 4 is 5.91 Å². The Labute approximate surface area is 161 Å². The molecule has 0 bridgehead atoms. The first-order valence-corrected chi connectivity index (χ1v) is 9.97. The number of hydrogen-bond donors (Lipinski definition) is 0. The summed E-state index contributed by atoms with van der Waals surface area (Å²) in [5, 5.41) is 0. The number of amides is 1. The molecule has 0 spiro atoms. The minimum atomic E-state index is 0.113. The van der Waals surface area contributed by atoms with E-state index in [1.54, 1.807) is 0 Å². The molecule has 1 saturated heterocycles. The highest BCUT2D eigenvalue weighted by Crippen LogP contribution is 2.30. The van der Waals surface area contributed by atoms with E-state index in [-0.39, 0.29) is 5.91 Å². The minimum absolute atomic E-state index is 0.113. The third-order valence-electron chi connectivity index (χ3n) is 5.44. The van der Waals surface area contributed by atoms with Gasteiger partial charge in [0.1, 0.15) is 12.4 Å². The Morgan fingerprint density at radius 3 is 2.56 bits per heavy atom. The van der Waals surface area contributed by atoms with Crippen LogP contribution in [0.5, 0.6) is 5.75 Å². The summed E-state index contributed by atoms with van der Waals surface area (Å²) >= 11 is 0. The smallest absolute Gasteiger partial charge is 0.254 e. The lowest BCUT2D eigenvalue weighted by molar-refractivity contribution is 0.0631. The maximum atomic E-state index is 12.9. The number of rotatable bonds is 6. The molecule has 1 aliphatic heterocycles. The Morgan fingerprint density at radius 2 is 1.81 bits per heavy atom. The molecule has 142 valence electrons. The number of carbonyl (C=O) groups excluding carboxylic acids is 1. The van der Waals surface area contributed by atoms with Crippen LogP contribution in [0, 0.1) is 12.8 Å². The summed E-state index contributed by atoms with van der Waals surface area (Å²) in [6.45, 7) is 7.42. The van der Waals surface area contributed by atoms with E-state index >= 15 is 0 Å². The fourth-order valence-electron chi connectivity index (χ4n) is 3.67. The predicted octanol–water partition coefficient (Wildman–Crippen LogP) is 3.74. The molecule has 27 heavy (non-hydrogen) atoms. The van der Waals surface area contributed by atoms with Gasteiger partial charge in [0.25, 0.3) is 5.91 Å². The molecule has 4 heteroatoms. The standard InChI is InChI=1S/C23H28N2O2/c1-18-4-2-5-20(14-18)17-27-22-7-3-6-21(15-22)23(26)25-12-10-24(11-13-25)16-19-8-9-19/h2-7,14-15,19H,8-13,16-17H2,1H3. The molecular weight excluding hydrogens is 336 g/mol. The zero-order chi connectivity index (χ0) is 18.6. The molecule has 0 aromatic heterocycles. The summed E-state index contributed by atoms with van der Waals surface area (Å²) in [5.74, 6) is 1.77. The number of benzene rings is 2. The Bertz CT molecular complexity index is 792. The van der Waals surface area contributed by atoms with Gasteiger partial charge in [-0.2, -0.15) is 0 Å². The van der Waals surface area contributed by atoms with Gasteiger partial charge in [-0.3, -0.25) is 9.69 Å². The molecule has 0 N–H and O–H groups in total. The molecule has 4 nitrogen and oxygen atoms in total. The number of hydrogen-bond acceptors (Lipinski definition) is 3. The van der Waals surface area contributed by atoms with Crippen LogP contribution in [0.3, 0.4) is 0 Å². The van der Waals surface area contributed by atoms with Gasteiger partial charge in [0.15, 0.2) is 0 Å². The lowest BCUT2D eigenvalue weighted by Gasteiger charge is -2.34. The molecule has 4 rings (SSSR count). The maximum absolute atomic E-state index is 12.9. The van der Waals surface area contributed by atoms with E-state index in [2.05, 4.69) is 30.0 Å². The quantitative estimate of drug-likeness (QED) is 0.783. The molecule has 2 fully saturated rings.